The van der Waals surface area contributed by atoms with Gasteiger partial charge in [-0.05, 0) is 77.2 Å². The van der Waals surface area contributed by atoms with Crippen LogP contribution < -0.4 is 59.7 Å². The first-order valence-electron chi connectivity index (χ1n) is 22.1. The lowest BCUT2D eigenvalue weighted by Crippen LogP contribution is -2.60. The average molecular weight is 955 g/mol. The molecule has 26 heteroatoms. The molecule has 67 heavy (non-hydrogen) atoms. The number of nitrogens with one attached hydrogen (secondary N) is 8. The minimum atomic E-state index is -1.76. The second kappa shape index (κ2) is 29.3. The van der Waals surface area contributed by atoms with Gasteiger partial charge in [-0.1, -0.05) is 27.7 Å². The summed E-state index contributed by atoms with van der Waals surface area (Å²) < 4.78 is 0. The van der Waals surface area contributed by atoms with E-state index in [9.17, 15) is 67.7 Å². The lowest BCUT2D eigenvalue weighted by Gasteiger charge is -2.30. The van der Waals surface area contributed by atoms with Crippen LogP contribution in [0.3, 0.4) is 0 Å². The highest BCUT2D eigenvalue weighted by atomic mass is 16.4. The predicted molar refractivity (Wildman–Crippen MR) is 237 cm³/mol. The molecule has 1 aliphatic rings. The van der Waals surface area contributed by atoms with Crippen LogP contribution in [-0.2, 0) is 57.5 Å². The average Bonchev–Trinajstić information content (AvgIpc) is 3.74. The lowest BCUT2D eigenvalue weighted by atomic mass is 10.0. The van der Waals surface area contributed by atoms with Crippen LogP contribution in [0.4, 0.5) is 0 Å². The normalized spacial score (nSPS) is 16.4. The molecule has 0 aromatic rings. The van der Waals surface area contributed by atoms with Gasteiger partial charge >= 0.3 is 11.9 Å². The summed E-state index contributed by atoms with van der Waals surface area (Å²) in [5.41, 5.74) is 16.5. The van der Waals surface area contributed by atoms with Gasteiger partial charge in [-0.3, -0.25) is 57.5 Å². The summed E-state index contributed by atoms with van der Waals surface area (Å²) in [6, 6.07) is -10.3. The summed E-state index contributed by atoms with van der Waals surface area (Å²) >= 11 is 0. The standard InChI is InChI=1S/C41H70N12O14/c1-20(2)16-26(39(65)51-27(17-32(58)59)38(64)47-23(6)36(62)46-19-30(55)52-33(21(3)4)34(44)60)50-37(63)24(10-7-8-14-42)49-40(66)28-11-9-15-53(28)41(67)25(12-13-31(56)57)48-29(54)18-45-35(61)22(5)43/h20-28,33H,7-19,42-43H2,1-6H3,(H2,44,60)(H,45,61)(H,46,62)(H,47,64)(H,48,54)(H,49,66)(H,50,63)(H,51,65)(H,52,55)(H,56,57)(H,58,59). The van der Waals surface area contributed by atoms with Crippen LogP contribution in [0.25, 0.3) is 0 Å². The third-order valence-electron chi connectivity index (χ3n) is 10.4. The van der Waals surface area contributed by atoms with Gasteiger partial charge in [0.05, 0.1) is 25.6 Å². The number of rotatable bonds is 30. The van der Waals surface area contributed by atoms with E-state index in [1.165, 1.54) is 13.8 Å². The second-order valence-corrected chi connectivity index (χ2v) is 17.1. The minimum absolute atomic E-state index is 0.0188. The summed E-state index contributed by atoms with van der Waals surface area (Å²) in [4.78, 5) is 154. The number of amides is 10. The van der Waals surface area contributed by atoms with E-state index in [4.69, 9.17) is 17.2 Å². The summed E-state index contributed by atoms with van der Waals surface area (Å²) in [6.07, 6.45) is -0.601. The fourth-order valence-corrected chi connectivity index (χ4v) is 6.75. The molecule has 1 rings (SSSR count). The third kappa shape index (κ3) is 21.6. The van der Waals surface area contributed by atoms with E-state index in [1.807, 2.05) is 0 Å². The molecular formula is C41H70N12O14. The zero-order valence-corrected chi connectivity index (χ0v) is 38.9. The first-order chi connectivity index (χ1) is 31.3. The van der Waals surface area contributed by atoms with E-state index >= 15 is 0 Å². The van der Waals surface area contributed by atoms with Gasteiger partial charge in [0.2, 0.25) is 59.1 Å². The van der Waals surface area contributed by atoms with E-state index in [1.54, 1.807) is 27.7 Å². The number of hydrogen-bond acceptors (Lipinski definition) is 14. The van der Waals surface area contributed by atoms with Crippen molar-refractivity contribution in [3.8, 4) is 0 Å². The lowest BCUT2D eigenvalue weighted by molar-refractivity contribution is -0.143. The molecule has 0 aliphatic carbocycles. The summed E-state index contributed by atoms with van der Waals surface area (Å²) in [7, 11) is 0. The summed E-state index contributed by atoms with van der Waals surface area (Å²) in [6.45, 7) is 8.48. The van der Waals surface area contributed by atoms with Crippen molar-refractivity contribution in [1.29, 1.82) is 0 Å². The molecule has 16 N–H and O–H groups in total. The van der Waals surface area contributed by atoms with E-state index in [2.05, 4.69) is 42.5 Å². The second-order valence-electron chi connectivity index (χ2n) is 17.1. The van der Waals surface area contributed by atoms with E-state index in [0.717, 1.165) is 4.90 Å². The smallest absolute Gasteiger partial charge is 0.305 e. The van der Waals surface area contributed by atoms with Crippen LogP contribution >= 0.6 is 0 Å². The molecule has 1 aliphatic heterocycles. The molecule has 8 atom stereocenters. The molecule has 0 saturated carbocycles. The van der Waals surface area contributed by atoms with Crippen LogP contribution in [0.1, 0.15) is 99.3 Å². The molecule has 26 nitrogen and oxygen atoms in total. The number of aliphatic carboxylic acids is 2. The Morgan fingerprint density at radius 1 is 0.642 bits per heavy atom. The predicted octanol–water partition coefficient (Wildman–Crippen LogP) is -4.86. The quantitative estimate of drug-likeness (QED) is 0.0300. The van der Waals surface area contributed by atoms with Crippen molar-refractivity contribution in [2.75, 3.05) is 26.2 Å². The number of nitrogens with two attached hydrogens (primary N) is 3. The van der Waals surface area contributed by atoms with Crippen LogP contribution in [-0.4, -0.2) is 161 Å². The van der Waals surface area contributed by atoms with Gasteiger partial charge < -0.3 is 74.8 Å². The number of carboxylic acid groups (broad SMARTS) is 2. The number of unbranched alkanes of at least 4 members (excludes halogenated alkanes) is 1. The van der Waals surface area contributed by atoms with Gasteiger partial charge in [0.25, 0.3) is 0 Å². The number of primary amides is 1. The highest BCUT2D eigenvalue weighted by molar-refractivity contribution is 5.99. The van der Waals surface area contributed by atoms with Crippen molar-refractivity contribution >= 4 is 71.0 Å². The Hall–Kier alpha value is -6.44. The maximum absolute atomic E-state index is 14.0. The summed E-state index contributed by atoms with van der Waals surface area (Å²) in [5.74, 6) is -11.7. The Bertz CT molecular complexity index is 1790. The van der Waals surface area contributed by atoms with Crippen LogP contribution in [0.15, 0.2) is 0 Å². The third-order valence-corrected chi connectivity index (χ3v) is 10.4. The molecule has 1 saturated heterocycles. The Kier molecular flexibility index (Phi) is 25.6. The number of hydrogen-bond donors (Lipinski definition) is 13. The topological polar surface area (TPSA) is 423 Å². The Morgan fingerprint density at radius 3 is 1.75 bits per heavy atom. The van der Waals surface area contributed by atoms with E-state index in [0.29, 0.717) is 19.3 Å². The number of nitrogens with zero attached hydrogens (tertiary/aromatic N) is 1. The molecule has 0 bridgehead atoms. The van der Waals surface area contributed by atoms with E-state index in [-0.39, 0.29) is 50.6 Å². The zero-order chi connectivity index (χ0) is 51.1. The van der Waals surface area contributed by atoms with Crippen LogP contribution in [0.2, 0.25) is 0 Å². The first kappa shape index (κ1) is 58.6. The number of carboxylic acids is 2. The molecule has 0 aromatic carbocycles. The molecule has 1 heterocycles. The highest BCUT2D eigenvalue weighted by Gasteiger charge is 2.40. The highest BCUT2D eigenvalue weighted by Crippen LogP contribution is 2.21. The molecular weight excluding hydrogens is 885 g/mol. The molecule has 0 aromatic heterocycles. The molecule has 0 radical (unpaired) electrons. The Labute approximate surface area is 388 Å². The van der Waals surface area contributed by atoms with Crippen molar-refractivity contribution in [3.63, 3.8) is 0 Å². The molecule has 8 unspecified atom stereocenters. The van der Waals surface area contributed by atoms with Crippen LogP contribution in [0, 0.1) is 11.8 Å². The van der Waals surface area contributed by atoms with Gasteiger partial charge in [-0.25, -0.2) is 0 Å². The SMILES string of the molecule is CC(C)CC(NC(=O)C(CCCCN)NC(=O)C1CCCN1C(=O)C(CCC(=O)O)NC(=O)CNC(=O)C(C)N)C(=O)NC(CC(=O)O)C(=O)NC(C)C(=O)NCC(=O)NC(C(N)=O)C(C)C. The number of carbonyl (C=O) groups excluding carboxylic acids is 10. The van der Waals surface area contributed by atoms with Gasteiger partial charge in [0.15, 0.2) is 0 Å². The fraction of sp³-hybridized carbons (Fsp3) is 0.707. The maximum atomic E-state index is 14.0. The van der Waals surface area contributed by atoms with E-state index < -0.39 is 145 Å². The van der Waals surface area contributed by atoms with Gasteiger partial charge in [0.1, 0.15) is 42.3 Å². The molecule has 10 amide bonds. The summed E-state index contributed by atoms with van der Waals surface area (Å²) in [5, 5.41) is 38.1. The van der Waals surface area contributed by atoms with Gasteiger partial charge in [-0.15, -0.1) is 0 Å². The first-order valence-corrected chi connectivity index (χ1v) is 22.1. The fourth-order valence-electron chi connectivity index (χ4n) is 6.75. The van der Waals surface area contributed by atoms with Gasteiger partial charge in [-0.2, -0.15) is 0 Å². The largest absolute Gasteiger partial charge is 0.481 e. The number of likely N-dealkylation sites (tertiary alicyclic amines) is 1. The molecule has 1 fully saturated rings. The minimum Gasteiger partial charge on any atom is -0.481 e. The Morgan fingerprint density at radius 2 is 1.21 bits per heavy atom. The van der Waals surface area contributed by atoms with Crippen molar-refractivity contribution < 1.29 is 67.7 Å². The van der Waals surface area contributed by atoms with Crippen molar-refractivity contribution in [2.45, 2.75) is 148 Å². The Balaban J connectivity index is 3.23. The van der Waals surface area contributed by atoms with Crippen molar-refractivity contribution in [3.05, 3.63) is 0 Å². The maximum Gasteiger partial charge on any atom is 0.305 e. The van der Waals surface area contributed by atoms with Crippen molar-refractivity contribution in [2.24, 2.45) is 29.0 Å². The molecule has 378 valence electrons. The molecule has 0 spiro atoms. The monoisotopic (exact) mass is 955 g/mol. The van der Waals surface area contributed by atoms with Gasteiger partial charge in [0, 0.05) is 13.0 Å². The zero-order valence-electron chi connectivity index (χ0n) is 38.9. The van der Waals surface area contributed by atoms with Crippen molar-refractivity contribution in [1.82, 2.24) is 47.4 Å². The van der Waals surface area contributed by atoms with Crippen LogP contribution in [0.5, 0.6) is 0 Å². The number of carbonyl (C=O) groups is 12.